The maximum atomic E-state index is 13.0. The summed E-state index contributed by atoms with van der Waals surface area (Å²) in [6.45, 7) is 1.43. The second kappa shape index (κ2) is 7.96. The SMILES string of the molecule is Cc1nnc(SCC(=O)Nc2ccc(Cl)cc2C(F)(F)F)n1CC(N)=O. The molecule has 0 unspecified atom stereocenters. The van der Waals surface area contributed by atoms with E-state index >= 15 is 0 Å². The first-order chi connectivity index (χ1) is 12.1. The van der Waals surface area contributed by atoms with E-state index in [9.17, 15) is 22.8 Å². The van der Waals surface area contributed by atoms with Crippen molar-refractivity contribution in [2.45, 2.75) is 24.8 Å². The van der Waals surface area contributed by atoms with Crippen LogP contribution in [-0.4, -0.2) is 32.3 Å². The number of nitrogens with zero attached hydrogens (tertiary/aromatic N) is 3. The first-order valence-corrected chi connectivity index (χ1v) is 8.42. The number of carbonyl (C=O) groups is 2. The number of hydrogen-bond donors (Lipinski definition) is 2. The molecule has 0 atom stereocenters. The van der Waals surface area contributed by atoms with E-state index in [0.29, 0.717) is 5.82 Å². The van der Waals surface area contributed by atoms with Gasteiger partial charge in [0.2, 0.25) is 11.8 Å². The highest BCUT2D eigenvalue weighted by Crippen LogP contribution is 2.36. The number of nitrogens with two attached hydrogens (primary N) is 1. The summed E-state index contributed by atoms with van der Waals surface area (Å²) in [5.74, 6) is -1.12. The van der Waals surface area contributed by atoms with Gasteiger partial charge in [-0.25, -0.2) is 0 Å². The first-order valence-electron chi connectivity index (χ1n) is 7.05. The van der Waals surface area contributed by atoms with E-state index in [1.165, 1.54) is 10.6 Å². The zero-order valence-electron chi connectivity index (χ0n) is 13.3. The average molecular weight is 408 g/mol. The summed E-state index contributed by atoms with van der Waals surface area (Å²) >= 11 is 6.51. The average Bonchev–Trinajstić information content (AvgIpc) is 2.86. The number of thioether (sulfide) groups is 1. The molecule has 3 N–H and O–H groups in total. The van der Waals surface area contributed by atoms with Crippen LogP contribution in [0.25, 0.3) is 0 Å². The number of rotatable bonds is 6. The Balaban J connectivity index is 2.08. The molecular formula is C14H13ClF3N5O2S. The van der Waals surface area contributed by atoms with E-state index in [2.05, 4.69) is 15.5 Å². The maximum Gasteiger partial charge on any atom is 0.418 e. The summed E-state index contributed by atoms with van der Waals surface area (Å²) in [6.07, 6.45) is -4.67. The number of amides is 2. The molecule has 26 heavy (non-hydrogen) atoms. The number of hydrogen-bond acceptors (Lipinski definition) is 5. The van der Waals surface area contributed by atoms with Gasteiger partial charge in [0.05, 0.1) is 17.0 Å². The van der Waals surface area contributed by atoms with Gasteiger partial charge in [0.25, 0.3) is 0 Å². The fraction of sp³-hybridized carbons (Fsp3) is 0.286. The number of carbonyl (C=O) groups excluding carboxylic acids is 2. The van der Waals surface area contributed by atoms with Crippen molar-refractivity contribution in [2.24, 2.45) is 5.73 Å². The van der Waals surface area contributed by atoms with Crippen molar-refractivity contribution in [2.75, 3.05) is 11.1 Å². The maximum absolute atomic E-state index is 13.0. The van der Waals surface area contributed by atoms with Crippen LogP contribution in [0.3, 0.4) is 0 Å². The van der Waals surface area contributed by atoms with Crippen molar-refractivity contribution in [3.05, 3.63) is 34.6 Å². The van der Waals surface area contributed by atoms with Crippen molar-refractivity contribution in [3.8, 4) is 0 Å². The van der Waals surface area contributed by atoms with Crippen molar-refractivity contribution in [1.82, 2.24) is 14.8 Å². The van der Waals surface area contributed by atoms with Crippen LogP contribution in [0.4, 0.5) is 18.9 Å². The van der Waals surface area contributed by atoms with Crippen LogP contribution in [0.2, 0.25) is 5.02 Å². The van der Waals surface area contributed by atoms with E-state index in [0.717, 1.165) is 23.9 Å². The molecule has 0 spiro atoms. The van der Waals surface area contributed by atoms with Crippen LogP contribution in [0.15, 0.2) is 23.4 Å². The van der Waals surface area contributed by atoms with Crippen molar-refractivity contribution < 1.29 is 22.8 Å². The zero-order chi connectivity index (χ0) is 19.5. The third kappa shape index (κ3) is 5.11. The molecule has 2 aromatic rings. The van der Waals surface area contributed by atoms with Gasteiger partial charge in [-0.1, -0.05) is 23.4 Å². The number of nitrogens with one attached hydrogen (secondary N) is 1. The minimum Gasteiger partial charge on any atom is -0.368 e. The van der Waals surface area contributed by atoms with Gasteiger partial charge in [-0.15, -0.1) is 10.2 Å². The van der Waals surface area contributed by atoms with Crippen molar-refractivity contribution >= 4 is 40.9 Å². The van der Waals surface area contributed by atoms with Gasteiger partial charge in [0, 0.05) is 5.02 Å². The number of halogens is 4. The second-order valence-electron chi connectivity index (χ2n) is 5.11. The highest BCUT2D eigenvalue weighted by molar-refractivity contribution is 7.99. The molecule has 0 aliphatic rings. The van der Waals surface area contributed by atoms with Crippen LogP contribution in [0.1, 0.15) is 11.4 Å². The topological polar surface area (TPSA) is 103 Å². The number of aryl methyl sites for hydroxylation is 1. The molecule has 0 bridgehead atoms. The zero-order valence-corrected chi connectivity index (χ0v) is 14.9. The van der Waals surface area contributed by atoms with Crippen LogP contribution in [0, 0.1) is 6.92 Å². The van der Waals surface area contributed by atoms with Crippen molar-refractivity contribution in [3.63, 3.8) is 0 Å². The quantitative estimate of drug-likeness (QED) is 0.716. The molecule has 7 nitrogen and oxygen atoms in total. The molecule has 0 radical (unpaired) electrons. The van der Waals surface area contributed by atoms with E-state index in [4.69, 9.17) is 17.3 Å². The molecule has 0 aliphatic heterocycles. The molecule has 1 aromatic carbocycles. The Hall–Kier alpha value is -2.27. The largest absolute Gasteiger partial charge is 0.418 e. The summed E-state index contributed by atoms with van der Waals surface area (Å²) in [7, 11) is 0. The van der Waals surface area contributed by atoms with Crippen LogP contribution >= 0.6 is 23.4 Å². The van der Waals surface area contributed by atoms with E-state index < -0.39 is 29.2 Å². The Morgan fingerprint density at radius 2 is 2.04 bits per heavy atom. The van der Waals surface area contributed by atoms with Gasteiger partial charge in [-0.05, 0) is 25.1 Å². The summed E-state index contributed by atoms with van der Waals surface area (Å²) in [5, 5.41) is 9.93. The molecule has 140 valence electrons. The Morgan fingerprint density at radius 1 is 1.35 bits per heavy atom. The fourth-order valence-electron chi connectivity index (χ4n) is 1.98. The lowest BCUT2D eigenvalue weighted by Gasteiger charge is -2.14. The second-order valence-corrected chi connectivity index (χ2v) is 6.49. The Labute approximate surface area is 155 Å². The third-order valence-corrected chi connectivity index (χ3v) is 4.31. The first kappa shape index (κ1) is 20.0. The smallest absolute Gasteiger partial charge is 0.368 e. The summed E-state index contributed by atoms with van der Waals surface area (Å²) in [4.78, 5) is 23.1. The number of anilines is 1. The molecule has 2 rings (SSSR count). The molecular weight excluding hydrogens is 395 g/mol. The van der Waals surface area contributed by atoms with Gasteiger partial charge >= 0.3 is 6.18 Å². The summed E-state index contributed by atoms with van der Waals surface area (Å²) < 4.78 is 40.5. The number of benzene rings is 1. The molecule has 0 aliphatic carbocycles. The standard InChI is InChI=1S/C14H13ClF3N5O2S/c1-7-21-22-13(23(7)5-11(19)24)26-6-12(25)20-10-3-2-8(15)4-9(10)14(16,17)18/h2-4H,5-6H2,1H3,(H2,19,24)(H,20,25). The number of primary amides is 1. The lowest BCUT2D eigenvalue weighted by atomic mass is 10.1. The van der Waals surface area contributed by atoms with Gasteiger partial charge in [-0.2, -0.15) is 13.2 Å². The van der Waals surface area contributed by atoms with E-state index in [1.54, 1.807) is 6.92 Å². The van der Waals surface area contributed by atoms with Gasteiger partial charge in [0.15, 0.2) is 5.16 Å². The van der Waals surface area contributed by atoms with Crippen LogP contribution in [0.5, 0.6) is 0 Å². The Morgan fingerprint density at radius 3 is 2.65 bits per heavy atom. The lowest BCUT2D eigenvalue weighted by molar-refractivity contribution is -0.137. The minimum atomic E-state index is -4.67. The van der Waals surface area contributed by atoms with Crippen LogP contribution in [-0.2, 0) is 22.3 Å². The molecule has 2 amide bonds. The highest BCUT2D eigenvalue weighted by Gasteiger charge is 2.34. The Bertz CT molecular complexity index is 840. The molecule has 0 fully saturated rings. The summed E-state index contributed by atoms with van der Waals surface area (Å²) in [5.41, 5.74) is 3.68. The van der Waals surface area contributed by atoms with E-state index in [-0.39, 0.29) is 22.5 Å². The predicted octanol–water partition coefficient (Wildman–Crippen LogP) is 2.47. The molecule has 12 heteroatoms. The normalized spacial score (nSPS) is 11.4. The van der Waals surface area contributed by atoms with Gasteiger partial charge in [-0.3, -0.25) is 14.2 Å². The lowest BCUT2D eigenvalue weighted by Crippen LogP contribution is -2.21. The molecule has 1 aromatic heterocycles. The predicted molar refractivity (Wildman–Crippen MR) is 89.8 cm³/mol. The molecule has 1 heterocycles. The monoisotopic (exact) mass is 407 g/mol. The summed E-state index contributed by atoms with van der Waals surface area (Å²) in [6, 6.07) is 3.05. The van der Waals surface area contributed by atoms with Crippen LogP contribution < -0.4 is 11.1 Å². The number of aromatic nitrogens is 3. The van der Waals surface area contributed by atoms with Gasteiger partial charge in [0.1, 0.15) is 12.4 Å². The Kier molecular flexibility index (Phi) is 6.13. The van der Waals surface area contributed by atoms with Crippen molar-refractivity contribution in [1.29, 1.82) is 0 Å². The molecule has 0 saturated carbocycles. The highest BCUT2D eigenvalue weighted by atomic mass is 35.5. The minimum absolute atomic E-state index is 0.0975. The fourth-order valence-corrected chi connectivity index (χ4v) is 2.94. The molecule has 0 saturated heterocycles. The van der Waals surface area contributed by atoms with E-state index in [1.807, 2.05) is 0 Å². The number of alkyl halides is 3. The third-order valence-electron chi connectivity index (χ3n) is 3.11. The van der Waals surface area contributed by atoms with Gasteiger partial charge < -0.3 is 11.1 Å².